The first-order valence-corrected chi connectivity index (χ1v) is 6.16. The number of carbonyl (C=O) groups is 1. The molecule has 0 unspecified atom stereocenters. The molecule has 90 valence electrons. The highest BCUT2D eigenvalue weighted by Gasteiger charge is 2.26. The zero-order valence-corrected chi connectivity index (χ0v) is 10.5. The van der Waals surface area contributed by atoms with Gasteiger partial charge < -0.3 is 4.74 Å². The lowest BCUT2D eigenvalue weighted by atomic mass is 10.0. The van der Waals surface area contributed by atoms with E-state index < -0.39 is 0 Å². The van der Waals surface area contributed by atoms with Gasteiger partial charge in [0.2, 0.25) is 0 Å². The summed E-state index contributed by atoms with van der Waals surface area (Å²) in [6.07, 6.45) is 4.17. The number of benzene rings is 1. The van der Waals surface area contributed by atoms with Crippen LogP contribution in [-0.4, -0.2) is 13.1 Å². The van der Waals surface area contributed by atoms with Crippen LogP contribution in [0.2, 0.25) is 0 Å². The largest absolute Gasteiger partial charge is 0.465 e. The Labute approximate surface area is 102 Å². The van der Waals surface area contributed by atoms with Crippen LogP contribution in [-0.2, 0) is 16.0 Å². The molecule has 1 aromatic carbocycles. The maximum absolute atomic E-state index is 11.9. The van der Waals surface area contributed by atoms with Gasteiger partial charge in [0, 0.05) is 0 Å². The molecule has 1 aromatic rings. The van der Waals surface area contributed by atoms with E-state index in [1.807, 2.05) is 18.2 Å². The van der Waals surface area contributed by atoms with E-state index in [0.29, 0.717) is 0 Å². The molecule has 0 fully saturated rings. The molecule has 0 spiro atoms. The summed E-state index contributed by atoms with van der Waals surface area (Å²) in [5, 5.41) is 0. The summed E-state index contributed by atoms with van der Waals surface area (Å²) in [4.78, 5) is 11.9. The molecule has 17 heavy (non-hydrogen) atoms. The molecule has 2 rings (SSSR count). The maximum Gasteiger partial charge on any atom is 0.338 e. The van der Waals surface area contributed by atoms with Gasteiger partial charge in [-0.1, -0.05) is 43.2 Å². The SMILES string of the molecule is CCCCC1=C(C(=O)OC)c2ccccc2C1. The smallest absolute Gasteiger partial charge is 0.338 e. The average Bonchev–Trinajstić information content (AvgIpc) is 2.73. The first-order valence-electron chi connectivity index (χ1n) is 6.16. The number of rotatable bonds is 4. The van der Waals surface area contributed by atoms with Gasteiger partial charge in [-0.3, -0.25) is 0 Å². The van der Waals surface area contributed by atoms with Gasteiger partial charge in [0.25, 0.3) is 0 Å². The minimum Gasteiger partial charge on any atom is -0.465 e. The van der Waals surface area contributed by atoms with E-state index >= 15 is 0 Å². The van der Waals surface area contributed by atoms with Crippen molar-refractivity contribution in [2.75, 3.05) is 7.11 Å². The summed E-state index contributed by atoms with van der Waals surface area (Å²) in [5.74, 6) is -0.193. The molecule has 2 nitrogen and oxygen atoms in total. The second kappa shape index (κ2) is 5.17. The Hall–Kier alpha value is -1.57. The van der Waals surface area contributed by atoms with Gasteiger partial charge in [-0.15, -0.1) is 0 Å². The van der Waals surface area contributed by atoms with Crippen molar-refractivity contribution in [2.45, 2.75) is 32.6 Å². The maximum atomic E-state index is 11.9. The van der Waals surface area contributed by atoms with Crippen LogP contribution < -0.4 is 0 Å². The molecule has 0 amide bonds. The minimum atomic E-state index is -0.193. The van der Waals surface area contributed by atoms with Crippen LogP contribution >= 0.6 is 0 Å². The molecule has 0 atom stereocenters. The van der Waals surface area contributed by atoms with Crippen molar-refractivity contribution >= 4 is 11.5 Å². The Bertz CT molecular complexity index is 458. The predicted octanol–water partition coefficient (Wildman–Crippen LogP) is 3.36. The molecule has 1 aliphatic rings. The molecule has 0 aliphatic heterocycles. The van der Waals surface area contributed by atoms with Gasteiger partial charge in [0.05, 0.1) is 12.7 Å². The topological polar surface area (TPSA) is 26.3 Å². The van der Waals surface area contributed by atoms with Crippen molar-refractivity contribution in [1.29, 1.82) is 0 Å². The monoisotopic (exact) mass is 230 g/mol. The van der Waals surface area contributed by atoms with Gasteiger partial charge in [-0.25, -0.2) is 4.79 Å². The van der Waals surface area contributed by atoms with Crippen molar-refractivity contribution in [3.8, 4) is 0 Å². The zero-order valence-electron chi connectivity index (χ0n) is 10.5. The number of methoxy groups -OCH3 is 1. The standard InChI is InChI=1S/C15H18O2/c1-3-4-7-12-10-11-8-5-6-9-13(11)14(12)15(16)17-2/h5-6,8-9H,3-4,7,10H2,1-2H3. The first kappa shape index (κ1) is 11.9. The van der Waals surface area contributed by atoms with Crippen LogP contribution in [0.3, 0.4) is 0 Å². The summed E-state index contributed by atoms with van der Waals surface area (Å²) < 4.78 is 4.90. The van der Waals surface area contributed by atoms with Gasteiger partial charge >= 0.3 is 5.97 Å². The number of hydrogen-bond donors (Lipinski definition) is 0. The second-order valence-electron chi connectivity index (χ2n) is 4.41. The van der Waals surface area contributed by atoms with Crippen LogP contribution in [0.25, 0.3) is 5.57 Å². The van der Waals surface area contributed by atoms with Crippen molar-refractivity contribution < 1.29 is 9.53 Å². The summed E-state index contributed by atoms with van der Waals surface area (Å²) in [5.41, 5.74) is 4.35. The molecular formula is C15H18O2. The fraction of sp³-hybridized carbons (Fsp3) is 0.400. The summed E-state index contributed by atoms with van der Waals surface area (Å²) in [6, 6.07) is 8.11. The van der Waals surface area contributed by atoms with E-state index in [0.717, 1.165) is 36.8 Å². The Kier molecular flexibility index (Phi) is 3.62. The van der Waals surface area contributed by atoms with Crippen LogP contribution in [0.4, 0.5) is 0 Å². The fourth-order valence-corrected chi connectivity index (χ4v) is 2.39. The summed E-state index contributed by atoms with van der Waals surface area (Å²) >= 11 is 0. The van der Waals surface area contributed by atoms with Crippen LogP contribution in [0, 0.1) is 0 Å². The highest BCUT2D eigenvalue weighted by Crippen LogP contribution is 2.35. The molecule has 0 bridgehead atoms. The third-order valence-electron chi connectivity index (χ3n) is 3.27. The third-order valence-corrected chi connectivity index (χ3v) is 3.27. The number of unbranched alkanes of at least 4 members (excludes halogenated alkanes) is 1. The summed E-state index contributed by atoms with van der Waals surface area (Å²) in [7, 11) is 1.45. The molecule has 0 saturated carbocycles. The molecule has 1 aliphatic carbocycles. The highest BCUT2D eigenvalue weighted by atomic mass is 16.5. The molecule has 0 saturated heterocycles. The lowest BCUT2D eigenvalue weighted by molar-refractivity contribution is -0.133. The normalized spacial score (nSPS) is 13.8. The van der Waals surface area contributed by atoms with E-state index in [1.54, 1.807) is 0 Å². The molecular weight excluding hydrogens is 212 g/mol. The fourth-order valence-electron chi connectivity index (χ4n) is 2.39. The Morgan fingerprint density at radius 3 is 2.82 bits per heavy atom. The van der Waals surface area contributed by atoms with E-state index in [9.17, 15) is 4.79 Å². The minimum absolute atomic E-state index is 0.193. The Balaban J connectivity index is 2.37. The molecule has 0 radical (unpaired) electrons. The number of esters is 1. The van der Waals surface area contributed by atoms with E-state index in [-0.39, 0.29) is 5.97 Å². The van der Waals surface area contributed by atoms with E-state index in [4.69, 9.17) is 4.74 Å². The predicted molar refractivity (Wildman–Crippen MR) is 68.6 cm³/mol. The van der Waals surface area contributed by atoms with E-state index in [1.165, 1.54) is 18.2 Å². The van der Waals surface area contributed by atoms with Gasteiger partial charge in [-0.05, 0) is 30.4 Å². The van der Waals surface area contributed by atoms with Crippen molar-refractivity contribution in [3.63, 3.8) is 0 Å². The van der Waals surface area contributed by atoms with Crippen LogP contribution in [0.5, 0.6) is 0 Å². The number of ether oxygens (including phenoxy) is 1. The molecule has 0 heterocycles. The average molecular weight is 230 g/mol. The van der Waals surface area contributed by atoms with Gasteiger partial charge in [-0.2, -0.15) is 0 Å². The summed E-state index contributed by atoms with van der Waals surface area (Å²) in [6.45, 7) is 2.17. The third kappa shape index (κ3) is 2.26. The molecule has 2 heteroatoms. The number of carbonyl (C=O) groups excluding carboxylic acids is 1. The Morgan fingerprint density at radius 2 is 2.12 bits per heavy atom. The van der Waals surface area contributed by atoms with E-state index in [2.05, 4.69) is 13.0 Å². The lowest BCUT2D eigenvalue weighted by Gasteiger charge is -2.05. The number of allylic oxidation sites excluding steroid dienone is 1. The van der Waals surface area contributed by atoms with Crippen LogP contribution in [0.15, 0.2) is 29.8 Å². The lowest BCUT2D eigenvalue weighted by Crippen LogP contribution is -2.04. The second-order valence-corrected chi connectivity index (χ2v) is 4.41. The quantitative estimate of drug-likeness (QED) is 0.741. The van der Waals surface area contributed by atoms with Gasteiger partial charge in [0.1, 0.15) is 0 Å². The van der Waals surface area contributed by atoms with Crippen molar-refractivity contribution in [1.82, 2.24) is 0 Å². The number of fused-ring (bicyclic) bond motifs is 1. The van der Waals surface area contributed by atoms with Gasteiger partial charge in [0.15, 0.2) is 0 Å². The van der Waals surface area contributed by atoms with Crippen LogP contribution in [0.1, 0.15) is 37.3 Å². The van der Waals surface area contributed by atoms with Crippen molar-refractivity contribution in [3.05, 3.63) is 41.0 Å². The zero-order chi connectivity index (χ0) is 12.3. The first-order chi connectivity index (χ1) is 8.27. The number of hydrogen-bond acceptors (Lipinski definition) is 2. The molecule has 0 aromatic heterocycles. The highest BCUT2D eigenvalue weighted by molar-refractivity contribution is 6.19. The molecule has 0 N–H and O–H groups in total. The van der Waals surface area contributed by atoms with Crippen molar-refractivity contribution in [2.24, 2.45) is 0 Å². The Morgan fingerprint density at radius 1 is 1.35 bits per heavy atom.